The van der Waals surface area contributed by atoms with Crippen molar-refractivity contribution in [3.63, 3.8) is 0 Å². The van der Waals surface area contributed by atoms with Crippen molar-refractivity contribution < 1.29 is 0 Å². The number of imidazole rings is 1. The maximum atomic E-state index is 6.14. The van der Waals surface area contributed by atoms with E-state index >= 15 is 0 Å². The molecule has 0 saturated carbocycles. The fourth-order valence-electron chi connectivity index (χ4n) is 1.54. The number of nitrogens with zero attached hydrogens (tertiary/aromatic N) is 2. The number of hydrogen-bond acceptors (Lipinski definition) is 3. The van der Waals surface area contributed by atoms with Crippen LogP contribution in [-0.4, -0.2) is 14.9 Å². The van der Waals surface area contributed by atoms with Crippen molar-refractivity contribution in [1.29, 1.82) is 0 Å². The van der Waals surface area contributed by atoms with Crippen LogP contribution in [0.3, 0.4) is 0 Å². The Morgan fingerprint density at radius 3 is 2.81 bits per heavy atom. The van der Waals surface area contributed by atoms with E-state index in [0.717, 1.165) is 17.2 Å². The number of nitrogens with one attached hydrogen (secondary N) is 1. The van der Waals surface area contributed by atoms with Crippen LogP contribution in [0.4, 0.5) is 0 Å². The Morgan fingerprint density at radius 1 is 1.50 bits per heavy atom. The summed E-state index contributed by atoms with van der Waals surface area (Å²) in [6.07, 6.45) is 0. The molecule has 2 aromatic rings. The largest absolute Gasteiger partial charge is 0.306 e. The van der Waals surface area contributed by atoms with Crippen molar-refractivity contribution in [2.45, 2.75) is 39.8 Å². The average molecular weight is 258 g/mol. The van der Waals surface area contributed by atoms with Crippen LogP contribution in [0.2, 0.25) is 5.15 Å². The number of thiazole rings is 1. The van der Waals surface area contributed by atoms with Crippen LogP contribution in [0, 0.1) is 6.92 Å². The molecule has 0 aliphatic rings. The van der Waals surface area contributed by atoms with Gasteiger partial charge in [-0.25, -0.2) is 4.98 Å². The average Bonchev–Trinajstić information content (AvgIpc) is 2.63. The van der Waals surface area contributed by atoms with Crippen molar-refractivity contribution in [3.8, 4) is 0 Å². The van der Waals surface area contributed by atoms with Crippen molar-refractivity contribution in [2.24, 2.45) is 0 Å². The molecule has 0 aliphatic carbocycles. The SMILES string of the molecule is Cc1csc2nc(Cl)c(CNC(C)(C)C)n12. The Hall–Kier alpha value is -0.580. The molecule has 0 unspecified atom stereocenters. The van der Waals surface area contributed by atoms with Gasteiger partial charge < -0.3 is 5.32 Å². The van der Waals surface area contributed by atoms with Crippen molar-refractivity contribution in [1.82, 2.24) is 14.7 Å². The second-order valence-electron chi connectivity index (χ2n) is 4.95. The molecule has 5 heteroatoms. The van der Waals surface area contributed by atoms with E-state index in [1.165, 1.54) is 5.69 Å². The topological polar surface area (TPSA) is 29.3 Å². The Balaban J connectivity index is 2.35. The third-order valence-corrected chi connectivity index (χ3v) is 3.61. The zero-order valence-electron chi connectivity index (χ0n) is 9.97. The third kappa shape index (κ3) is 2.24. The molecule has 0 atom stereocenters. The Labute approximate surface area is 104 Å². The summed E-state index contributed by atoms with van der Waals surface area (Å²) in [6.45, 7) is 9.22. The molecule has 0 fully saturated rings. The molecule has 16 heavy (non-hydrogen) atoms. The van der Waals surface area contributed by atoms with Gasteiger partial charge in [0.25, 0.3) is 0 Å². The molecule has 0 aromatic carbocycles. The number of rotatable bonds is 2. The highest BCUT2D eigenvalue weighted by molar-refractivity contribution is 7.15. The predicted molar refractivity (Wildman–Crippen MR) is 69.4 cm³/mol. The lowest BCUT2D eigenvalue weighted by Crippen LogP contribution is -2.35. The maximum absolute atomic E-state index is 6.14. The molecule has 3 nitrogen and oxygen atoms in total. The molecular formula is C11H16ClN3S. The highest BCUT2D eigenvalue weighted by atomic mass is 35.5. The van der Waals surface area contributed by atoms with Gasteiger partial charge in [-0.05, 0) is 27.7 Å². The molecule has 0 bridgehead atoms. The summed E-state index contributed by atoms with van der Waals surface area (Å²) in [7, 11) is 0. The first-order valence-corrected chi connectivity index (χ1v) is 6.50. The van der Waals surface area contributed by atoms with Gasteiger partial charge >= 0.3 is 0 Å². The Kier molecular flexibility index (Phi) is 2.99. The minimum Gasteiger partial charge on any atom is -0.306 e. The van der Waals surface area contributed by atoms with E-state index in [9.17, 15) is 0 Å². The van der Waals surface area contributed by atoms with Crippen LogP contribution in [0.5, 0.6) is 0 Å². The maximum Gasteiger partial charge on any atom is 0.195 e. The number of fused-ring (bicyclic) bond motifs is 1. The standard InChI is InChI=1S/C11H16ClN3S/c1-7-6-16-10-14-9(12)8(15(7)10)5-13-11(2,3)4/h6,13H,5H2,1-4H3. The van der Waals surface area contributed by atoms with Crippen molar-refractivity contribution >= 4 is 27.9 Å². The lowest BCUT2D eigenvalue weighted by Gasteiger charge is -2.20. The smallest absolute Gasteiger partial charge is 0.195 e. The Bertz CT molecular complexity index is 507. The van der Waals surface area contributed by atoms with Crippen molar-refractivity contribution in [3.05, 3.63) is 21.9 Å². The number of halogens is 1. The molecule has 0 aliphatic heterocycles. The first-order chi connectivity index (χ1) is 7.38. The lowest BCUT2D eigenvalue weighted by atomic mass is 10.1. The van der Waals surface area contributed by atoms with Crippen LogP contribution in [0.25, 0.3) is 4.96 Å². The molecule has 0 saturated heterocycles. The fraction of sp³-hybridized carbons (Fsp3) is 0.545. The molecule has 0 amide bonds. The third-order valence-electron chi connectivity index (χ3n) is 2.37. The van der Waals surface area contributed by atoms with E-state index in [1.54, 1.807) is 11.3 Å². The van der Waals surface area contributed by atoms with E-state index in [1.807, 2.05) is 0 Å². The second kappa shape index (κ2) is 4.02. The van der Waals surface area contributed by atoms with Crippen LogP contribution < -0.4 is 5.32 Å². The summed E-state index contributed by atoms with van der Waals surface area (Å²) in [6, 6.07) is 0. The van der Waals surface area contributed by atoms with E-state index in [-0.39, 0.29) is 5.54 Å². The van der Waals surface area contributed by atoms with Gasteiger partial charge in [0.05, 0.1) is 5.69 Å². The van der Waals surface area contributed by atoms with E-state index < -0.39 is 0 Å². The summed E-state index contributed by atoms with van der Waals surface area (Å²) < 4.78 is 2.12. The zero-order valence-corrected chi connectivity index (χ0v) is 11.5. The molecule has 88 valence electrons. The summed E-state index contributed by atoms with van der Waals surface area (Å²) in [5.74, 6) is 0. The van der Waals surface area contributed by atoms with E-state index in [2.05, 4.69) is 47.8 Å². The highest BCUT2D eigenvalue weighted by Gasteiger charge is 2.16. The van der Waals surface area contributed by atoms with Gasteiger partial charge in [-0.15, -0.1) is 11.3 Å². The normalized spacial score (nSPS) is 12.6. The second-order valence-corrected chi connectivity index (χ2v) is 6.14. The van der Waals surface area contributed by atoms with Crippen LogP contribution in [-0.2, 0) is 6.54 Å². The Morgan fingerprint density at radius 2 is 2.19 bits per heavy atom. The fourth-order valence-corrected chi connectivity index (χ4v) is 2.71. The first kappa shape index (κ1) is 11.9. The molecule has 2 rings (SSSR count). The minimum absolute atomic E-state index is 0.0808. The van der Waals surface area contributed by atoms with Crippen LogP contribution in [0.15, 0.2) is 5.38 Å². The van der Waals surface area contributed by atoms with Gasteiger partial charge in [-0.2, -0.15) is 0 Å². The summed E-state index contributed by atoms with van der Waals surface area (Å²) in [4.78, 5) is 5.31. The van der Waals surface area contributed by atoms with Gasteiger partial charge in [-0.1, -0.05) is 11.6 Å². The molecule has 2 heterocycles. The van der Waals surface area contributed by atoms with Crippen molar-refractivity contribution in [2.75, 3.05) is 0 Å². The zero-order chi connectivity index (χ0) is 11.9. The predicted octanol–water partition coefficient (Wildman–Crippen LogP) is 3.25. The van der Waals surface area contributed by atoms with Gasteiger partial charge in [0.1, 0.15) is 0 Å². The summed E-state index contributed by atoms with van der Waals surface area (Å²) in [5.41, 5.74) is 2.31. The number of aromatic nitrogens is 2. The molecule has 0 radical (unpaired) electrons. The monoisotopic (exact) mass is 257 g/mol. The summed E-state index contributed by atoms with van der Waals surface area (Å²) in [5, 5.41) is 6.13. The van der Waals surface area contributed by atoms with Gasteiger partial charge in [0.15, 0.2) is 10.1 Å². The van der Waals surface area contributed by atoms with E-state index in [4.69, 9.17) is 11.6 Å². The quantitative estimate of drug-likeness (QED) is 0.895. The molecule has 0 spiro atoms. The molecule has 2 aromatic heterocycles. The van der Waals surface area contributed by atoms with Crippen LogP contribution in [0.1, 0.15) is 32.2 Å². The number of aryl methyl sites for hydroxylation is 1. The highest BCUT2D eigenvalue weighted by Crippen LogP contribution is 2.24. The van der Waals surface area contributed by atoms with Gasteiger partial charge in [0.2, 0.25) is 0 Å². The number of hydrogen-bond donors (Lipinski definition) is 1. The molecular weight excluding hydrogens is 242 g/mol. The van der Waals surface area contributed by atoms with Gasteiger partial charge in [0, 0.05) is 23.2 Å². The van der Waals surface area contributed by atoms with Gasteiger partial charge in [-0.3, -0.25) is 4.40 Å². The van der Waals surface area contributed by atoms with Crippen LogP contribution >= 0.6 is 22.9 Å². The van der Waals surface area contributed by atoms with E-state index in [0.29, 0.717) is 5.15 Å². The first-order valence-electron chi connectivity index (χ1n) is 5.24. The minimum atomic E-state index is 0.0808. The lowest BCUT2D eigenvalue weighted by molar-refractivity contribution is 0.420. The molecule has 1 N–H and O–H groups in total. The summed E-state index contributed by atoms with van der Waals surface area (Å²) >= 11 is 7.77.